The molecule has 0 aliphatic carbocycles. The first-order chi connectivity index (χ1) is 12.2. The van der Waals surface area contributed by atoms with Crippen molar-refractivity contribution in [1.29, 1.82) is 0 Å². The minimum absolute atomic E-state index is 0.551. The van der Waals surface area contributed by atoms with Crippen LogP contribution in [0.4, 0.5) is 0 Å². The number of halogens is 2. The standard InChI is InChI=1S/C19H21Cl2N3O/c1-2-9-25-19-14(20)10-13(11-15(19)21)12-22-8-7-18-23-16-5-3-4-6-17(16)24-18/h3-6,10-11,22H,2,7-9,12H2,1H3,(H,23,24). The highest BCUT2D eigenvalue weighted by Crippen LogP contribution is 2.34. The van der Waals surface area contributed by atoms with Crippen molar-refractivity contribution in [3.8, 4) is 5.75 Å². The first kappa shape index (κ1) is 18.1. The van der Waals surface area contributed by atoms with Crippen LogP contribution in [0.15, 0.2) is 36.4 Å². The van der Waals surface area contributed by atoms with Gasteiger partial charge in [0.05, 0.1) is 27.7 Å². The summed E-state index contributed by atoms with van der Waals surface area (Å²) in [6, 6.07) is 11.8. The van der Waals surface area contributed by atoms with E-state index in [1.807, 2.05) is 43.3 Å². The summed E-state index contributed by atoms with van der Waals surface area (Å²) in [6.45, 7) is 4.15. The number of hydrogen-bond acceptors (Lipinski definition) is 3. The molecule has 2 N–H and O–H groups in total. The Balaban J connectivity index is 1.53. The number of H-pyrrole nitrogens is 1. The highest BCUT2D eigenvalue weighted by Gasteiger charge is 2.09. The molecule has 3 rings (SSSR count). The molecule has 132 valence electrons. The van der Waals surface area contributed by atoms with Crippen LogP contribution in [0.1, 0.15) is 24.7 Å². The SMILES string of the molecule is CCCOc1c(Cl)cc(CNCCc2nc3ccccc3[nH]2)cc1Cl. The molecule has 0 atom stereocenters. The minimum atomic E-state index is 0.551. The fourth-order valence-electron chi connectivity index (χ4n) is 2.62. The first-order valence-corrected chi connectivity index (χ1v) is 9.18. The first-order valence-electron chi connectivity index (χ1n) is 8.42. The molecule has 0 unspecified atom stereocenters. The Morgan fingerprint density at radius 2 is 1.92 bits per heavy atom. The van der Waals surface area contributed by atoms with Gasteiger partial charge in [-0.25, -0.2) is 4.98 Å². The number of imidazole rings is 1. The molecule has 0 saturated heterocycles. The van der Waals surface area contributed by atoms with Crippen molar-refractivity contribution in [3.05, 3.63) is 57.8 Å². The van der Waals surface area contributed by atoms with Crippen molar-refractivity contribution >= 4 is 34.2 Å². The molecule has 0 radical (unpaired) electrons. The Labute approximate surface area is 157 Å². The fourth-order valence-corrected chi connectivity index (χ4v) is 3.26. The molecule has 0 saturated carbocycles. The van der Waals surface area contributed by atoms with E-state index in [4.69, 9.17) is 27.9 Å². The van der Waals surface area contributed by atoms with E-state index < -0.39 is 0 Å². The number of fused-ring (bicyclic) bond motifs is 1. The van der Waals surface area contributed by atoms with Crippen molar-refractivity contribution in [3.63, 3.8) is 0 Å². The molecule has 0 aliphatic rings. The lowest BCUT2D eigenvalue weighted by molar-refractivity contribution is 0.317. The summed E-state index contributed by atoms with van der Waals surface area (Å²) in [5.41, 5.74) is 3.10. The lowest BCUT2D eigenvalue weighted by atomic mass is 10.2. The van der Waals surface area contributed by atoms with E-state index >= 15 is 0 Å². The van der Waals surface area contributed by atoms with Crippen LogP contribution in [-0.4, -0.2) is 23.1 Å². The van der Waals surface area contributed by atoms with Crippen molar-refractivity contribution < 1.29 is 4.74 Å². The number of nitrogens with zero attached hydrogens (tertiary/aromatic N) is 1. The van der Waals surface area contributed by atoms with E-state index in [1.54, 1.807) is 0 Å². The fraction of sp³-hybridized carbons (Fsp3) is 0.316. The van der Waals surface area contributed by atoms with Crippen LogP contribution in [0.3, 0.4) is 0 Å². The molecule has 4 nitrogen and oxygen atoms in total. The lowest BCUT2D eigenvalue weighted by Gasteiger charge is -2.11. The molecule has 1 heterocycles. The smallest absolute Gasteiger partial charge is 0.156 e. The van der Waals surface area contributed by atoms with Gasteiger partial charge in [0, 0.05) is 19.5 Å². The Morgan fingerprint density at radius 1 is 1.16 bits per heavy atom. The highest BCUT2D eigenvalue weighted by molar-refractivity contribution is 6.37. The number of hydrogen-bond donors (Lipinski definition) is 2. The van der Waals surface area contributed by atoms with Gasteiger partial charge in [-0.05, 0) is 36.2 Å². The summed E-state index contributed by atoms with van der Waals surface area (Å²) < 4.78 is 5.59. The van der Waals surface area contributed by atoms with E-state index in [1.165, 1.54) is 0 Å². The van der Waals surface area contributed by atoms with Crippen molar-refractivity contribution in [2.45, 2.75) is 26.3 Å². The predicted octanol–water partition coefficient (Wildman–Crippen LogP) is 4.99. The molecule has 6 heteroatoms. The summed E-state index contributed by atoms with van der Waals surface area (Å²) >= 11 is 12.5. The molecule has 0 spiro atoms. The van der Waals surface area contributed by atoms with Gasteiger partial charge in [-0.1, -0.05) is 42.3 Å². The van der Waals surface area contributed by atoms with Crippen LogP contribution >= 0.6 is 23.2 Å². The maximum Gasteiger partial charge on any atom is 0.156 e. The Hall–Kier alpha value is -1.75. The van der Waals surface area contributed by atoms with Crippen LogP contribution in [0.2, 0.25) is 10.0 Å². The number of rotatable bonds is 8. The summed E-state index contributed by atoms with van der Waals surface area (Å²) in [5.74, 6) is 1.55. The highest BCUT2D eigenvalue weighted by atomic mass is 35.5. The minimum Gasteiger partial charge on any atom is -0.490 e. The second kappa shape index (κ2) is 8.56. The monoisotopic (exact) mass is 377 g/mol. The van der Waals surface area contributed by atoms with E-state index in [9.17, 15) is 0 Å². The second-order valence-electron chi connectivity index (χ2n) is 5.86. The third kappa shape index (κ3) is 4.66. The van der Waals surface area contributed by atoms with E-state index in [2.05, 4.69) is 15.3 Å². The van der Waals surface area contributed by atoms with Gasteiger partial charge in [0.15, 0.2) is 5.75 Å². The van der Waals surface area contributed by atoms with Gasteiger partial charge < -0.3 is 15.0 Å². The Bertz CT molecular complexity index is 792. The molecule has 0 fully saturated rings. The number of aromatic nitrogens is 2. The van der Waals surface area contributed by atoms with Crippen molar-refractivity contribution in [1.82, 2.24) is 15.3 Å². The largest absolute Gasteiger partial charge is 0.490 e. The Morgan fingerprint density at radius 3 is 2.64 bits per heavy atom. The summed E-state index contributed by atoms with van der Waals surface area (Å²) in [5, 5.41) is 4.50. The van der Waals surface area contributed by atoms with Gasteiger partial charge in [-0.2, -0.15) is 0 Å². The van der Waals surface area contributed by atoms with Gasteiger partial charge >= 0.3 is 0 Å². The zero-order valence-corrected chi connectivity index (χ0v) is 15.6. The number of nitrogens with one attached hydrogen (secondary N) is 2. The van der Waals surface area contributed by atoms with Crippen LogP contribution < -0.4 is 10.1 Å². The quantitative estimate of drug-likeness (QED) is 0.543. The predicted molar refractivity (Wildman–Crippen MR) is 104 cm³/mol. The maximum absolute atomic E-state index is 6.27. The molecule has 25 heavy (non-hydrogen) atoms. The number of ether oxygens (including phenoxy) is 1. The summed E-state index contributed by atoms with van der Waals surface area (Å²) in [7, 11) is 0. The average molecular weight is 378 g/mol. The lowest BCUT2D eigenvalue weighted by Crippen LogP contribution is -2.17. The van der Waals surface area contributed by atoms with Gasteiger partial charge in [0.1, 0.15) is 5.82 Å². The number of para-hydroxylation sites is 2. The van der Waals surface area contributed by atoms with Gasteiger partial charge in [0.25, 0.3) is 0 Å². The molecule has 2 aromatic carbocycles. The molecule has 0 amide bonds. The van der Waals surface area contributed by atoms with Crippen LogP contribution in [0, 0.1) is 0 Å². The summed E-state index contributed by atoms with van der Waals surface area (Å²) in [4.78, 5) is 7.90. The molecule has 1 aromatic heterocycles. The van der Waals surface area contributed by atoms with Crippen molar-refractivity contribution in [2.75, 3.05) is 13.2 Å². The number of benzene rings is 2. The third-order valence-electron chi connectivity index (χ3n) is 3.81. The third-order valence-corrected chi connectivity index (χ3v) is 4.38. The van der Waals surface area contributed by atoms with Crippen LogP contribution in [0.25, 0.3) is 11.0 Å². The van der Waals surface area contributed by atoms with E-state index in [0.29, 0.717) is 28.9 Å². The van der Waals surface area contributed by atoms with Gasteiger partial charge in [0.2, 0.25) is 0 Å². The van der Waals surface area contributed by atoms with Crippen molar-refractivity contribution in [2.24, 2.45) is 0 Å². The zero-order chi connectivity index (χ0) is 17.6. The van der Waals surface area contributed by atoms with Gasteiger partial charge in [-0.3, -0.25) is 0 Å². The average Bonchev–Trinajstić information content (AvgIpc) is 3.01. The van der Waals surface area contributed by atoms with Gasteiger partial charge in [-0.15, -0.1) is 0 Å². The van der Waals surface area contributed by atoms with E-state index in [0.717, 1.165) is 41.8 Å². The number of aromatic amines is 1. The molecular formula is C19H21Cl2N3O. The van der Waals surface area contributed by atoms with E-state index in [-0.39, 0.29) is 0 Å². The molecule has 0 aliphatic heterocycles. The Kier molecular flexibility index (Phi) is 6.19. The molecule has 0 bridgehead atoms. The maximum atomic E-state index is 6.27. The van der Waals surface area contributed by atoms with Crippen LogP contribution in [0.5, 0.6) is 5.75 Å². The summed E-state index contributed by atoms with van der Waals surface area (Å²) in [6.07, 6.45) is 1.74. The molecule has 3 aromatic rings. The second-order valence-corrected chi connectivity index (χ2v) is 6.68. The normalized spacial score (nSPS) is 11.2. The zero-order valence-electron chi connectivity index (χ0n) is 14.1. The molecular weight excluding hydrogens is 357 g/mol. The van der Waals surface area contributed by atoms with Crippen LogP contribution in [-0.2, 0) is 13.0 Å². The topological polar surface area (TPSA) is 49.9 Å².